The predicted molar refractivity (Wildman–Crippen MR) is 128 cm³/mol. The van der Waals surface area contributed by atoms with Crippen LogP contribution in [0.5, 0.6) is 0 Å². The zero-order chi connectivity index (χ0) is 22.6. The lowest BCUT2D eigenvalue weighted by Crippen LogP contribution is -2.18. The van der Waals surface area contributed by atoms with Crippen LogP contribution in [-0.4, -0.2) is 20.1 Å². The van der Waals surface area contributed by atoms with E-state index >= 15 is 0 Å². The number of sulfonamides is 1. The molecule has 0 aromatic heterocycles. The molecule has 3 rings (SSSR count). The number of benzene rings is 3. The number of anilines is 1. The fourth-order valence-corrected chi connectivity index (χ4v) is 4.95. The Morgan fingerprint density at radius 2 is 1.65 bits per heavy atom. The Bertz CT molecular complexity index is 1180. The highest BCUT2D eigenvalue weighted by molar-refractivity contribution is 8.00. The Labute approximate surface area is 192 Å². The fourth-order valence-electron chi connectivity index (χ4n) is 3.12. The lowest BCUT2D eigenvalue weighted by atomic mass is 10.0. The van der Waals surface area contributed by atoms with Gasteiger partial charge in [0.25, 0.3) is 0 Å². The maximum atomic E-state index is 12.7. The van der Waals surface area contributed by atoms with Crippen LogP contribution in [0.1, 0.15) is 27.5 Å². The number of carbonyl (C=O) groups excluding carboxylic acids is 1. The molecule has 3 aromatic rings. The highest BCUT2D eigenvalue weighted by Gasteiger charge is 2.18. The van der Waals surface area contributed by atoms with E-state index in [1.807, 2.05) is 61.5 Å². The van der Waals surface area contributed by atoms with Crippen molar-refractivity contribution in [1.82, 2.24) is 0 Å². The molecule has 3 N–H and O–H groups in total. The van der Waals surface area contributed by atoms with E-state index in [1.54, 1.807) is 6.92 Å². The summed E-state index contributed by atoms with van der Waals surface area (Å²) in [5.74, 6) is -0.0470. The van der Waals surface area contributed by atoms with Crippen LogP contribution in [0.15, 0.2) is 71.6 Å². The van der Waals surface area contributed by atoms with Gasteiger partial charge in [-0.25, -0.2) is 13.6 Å². The minimum Gasteiger partial charge on any atom is -0.325 e. The van der Waals surface area contributed by atoms with Gasteiger partial charge in [0.2, 0.25) is 15.9 Å². The molecule has 1 atom stereocenters. The maximum Gasteiger partial charge on any atom is 0.238 e. The van der Waals surface area contributed by atoms with Gasteiger partial charge < -0.3 is 5.32 Å². The van der Waals surface area contributed by atoms with Crippen LogP contribution in [0.4, 0.5) is 5.69 Å². The van der Waals surface area contributed by atoms with Crippen molar-refractivity contribution < 1.29 is 13.2 Å². The van der Waals surface area contributed by atoms with Crippen LogP contribution in [0.3, 0.4) is 0 Å². The number of amides is 1. The lowest BCUT2D eigenvalue weighted by molar-refractivity contribution is -0.113. The second kappa shape index (κ2) is 9.87. The summed E-state index contributed by atoms with van der Waals surface area (Å²) >= 11 is 7.51. The van der Waals surface area contributed by atoms with Gasteiger partial charge in [0, 0.05) is 10.7 Å². The molecule has 3 aromatic carbocycles. The molecule has 0 heterocycles. The highest BCUT2D eigenvalue weighted by Crippen LogP contribution is 2.36. The minimum absolute atomic E-state index is 0.0260. The molecule has 1 unspecified atom stereocenters. The smallest absolute Gasteiger partial charge is 0.238 e. The summed E-state index contributed by atoms with van der Waals surface area (Å²) in [5, 5.41) is 8.69. The van der Waals surface area contributed by atoms with E-state index in [0.717, 1.165) is 22.3 Å². The molecule has 162 valence electrons. The topological polar surface area (TPSA) is 89.3 Å². The Morgan fingerprint density at radius 3 is 2.26 bits per heavy atom. The van der Waals surface area contributed by atoms with Crippen molar-refractivity contribution in [3.63, 3.8) is 0 Å². The molecule has 0 spiro atoms. The number of rotatable bonds is 7. The summed E-state index contributed by atoms with van der Waals surface area (Å²) in [4.78, 5) is 12.7. The third-order valence-electron chi connectivity index (χ3n) is 4.90. The van der Waals surface area contributed by atoms with Crippen molar-refractivity contribution in [2.75, 3.05) is 11.1 Å². The van der Waals surface area contributed by atoms with Crippen molar-refractivity contribution in [2.45, 2.75) is 24.0 Å². The van der Waals surface area contributed by atoms with Gasteiger partial charge >= 0.3 is 0 Å². The molecule has 0 aliphatic rings. The van der Waals surface area contributed by atoms with E-state index in [2.05, 4.69) is 5.32 Å². The van der Waals surface area contributed by atoms with E-state index in [9.17, 15) is 13.2 Å². The number of hydrogen-bond donors (Lipinski definition) is 2. The molecule has 1 amide bonds. The molecule has 0 aliphatic heterocycles. The van der Waals surface area contributed by atoms with Crippen LogP contribution in [0, 0.1) is 13.8 Å². The Morgan fingerprint density at radius 1 is 1.03 bits per heavy atom. The van der Waals surface area contributed by atoms with Gasteiger partial charge in [-0.15, -0.1) is 11.8 Å². The third kappa shape index (κ3) is 6.11. The van der Waals surface area contributed by atoms with E-state index in [1.165, 1.54) is 23.9 Å². The number of nitrogens with one attached hydrogen (secondary N) is 1. The number of aryl methyl sites for hydroxylation is 1. The first-order chi connectivity index (χ1) is 14.6. The monoisotopic (exact) mass is 474 g/mol. The van der Waals surface area contributed by atoms with Crippen molar-refractivity contribution in [1.29, 1.82) is 0 Å². The third-order valence-corrected chi connectivity index (χ3v) is 7.35. The largest absolute Gasteiger partial charge is 0.325 e. The zero-order valence-electron chi connectivity index (χ0n) is 17.1. The molecule has 0 saturated carbocycles. The zero-order valence-corrected chi connectivity index (χ0v) is 19.5. The first-order valence-electron chi connectivity index (χ1n) is 9.51. The van der Waals surface area contributed by atoms with Gasteiger partial charge in [0.05, 0.1) is 15.9 Å². The van der Waals surface area contributed by atoms with Gasteiger partial charge in [0.1, 0.15) is 0 Å². The molecular formula is C23H23ClN2O3S2. The second-order valence-corrected chi connectivity index (χ2v) is 10.3. The van der Waals surface area contributed by atoms with Gasteiger partial charge in [-0.3, -0.25) is 4.79 Å². The van der Waals surface area contributed by atoms with Gasteiger partial charge in [0.15, 0.2) is 0 Å². The average Bonchev–Trinajstić information content (AvgIpc) is 2.72. The van der Waals surface area contributed by atoms with E-state index in [0.29, 0.717) is 10.7 Å². The summed E-state index contributed by atoms with van der Waals surface area (Å²) in [5.41, 5.74) is 4.08. The molecule has 0 fully saturated rings. The molecule has 8 heteroatoms. The molecule has 31 heavy (non-hydrogen) atoms. The quantitative estimate of drug-likeness (QED) is 0.500. The summed E-state index contributed by atoms with van der Waals surface area (Å²) in [6.07, 6.45) is 0. The van der Waals surface area contributed by atoms with Crippen molar-refractivity contribution in [3.05, 3.63) is 94.0 Å². The van der Waals surface area contributed by atoms with E-state index in [4.69, 9.17) is 16.7 Å². The Balaban J connectivity index is 1.79. The Hall–Kier alpha value is -2.32. The number of carbonyl (C=O) groups is 1. The Kier molecular flexibility index (Phi) is 7.43. The first-order valence-corrected chi connectivity index (χ1v) is 12.5. The molecule has 0 aliphatic carbocycles. The number of thioether (sulfide) groups is 1. The average molecular weight is 475 g/mol. The normalized spacial score (nSPS) is 12.4. The van der Waals surface area contributed by atoms with Crippen LogP contribution in [0.25, 0.3) is 0 Å². The summed E-state index contributed by atoms with van der Waals surface area (Å²) < 4.78 is 23.5. The number of nitrogens with two attached hydrogens (primary N) is 1. The molecule has 0 saturated heterocycles. The van der Waals surface area contributed by atoms with Crippen molar-refractivity contribution >= 4 is 45.0 Å². The van der Waals surface area contributed by atoms with E-state index < -0.39 is 10.0 Å². The first kappa shape index (κ1) is 23.3. The number of hydrogen-bond acceptors (Lipinski definition) is 4. The highest BCUT2D eigenvalue weighted by atomic mass is 35.5. The lowest BCUT2D eigenvalue weighted by Gasteiger charge is -2.18. The van der Waals surface area contributed by atoms with Gasteiger partial charge in [-0.1, -0.05) is 54.1 Å². The minimum atomic E-state index is -3.87. The van der Waals surface area contributed by atoms with Crippen molar-refractivity contribution in [3.8, 4) is 0 Å². The molecule has 0 bridgehead atoms. The standard InChI is InChI=1S/C23H23ClN2O3S2/c1-15-12-20(31(25,28)29)13-21(16(15)2)26-22(27)14-30-23(17-6-4-3-5-7-17)18-8-10-19(24)11-9-18/h3-13,23H,14H2,1-2H3,(H,26,27)(H2,25,28,29). The predicted octanol–water partition coefficient (Wildman–Crippen LogP) is 5.07. The van der Waals surface area contributed by atoms with Gasteiger partial charge in [-0.05, 0) is 60.4 Å². The molecular weight excluding hydrogens is 452 g/mol. The molecule has 5 nitrogen and oxygen atoms in total. The fraction of sp³-hybridized carbons (Fsp3) is 0.174. The number of primary sulfonamides is 1. The summed E-state index contributed by atoms with van der Waals surface area (Å²) in [7, 11) is -3.87. The number of halogens is 1. The van der Waals surface area contributed by atoms with Crippen LogP contribution in [0.2, 0.25) is 5.02 Å². The van der Waals surface area contributed by atoms with Crippen molar-refractivity contribution in [2.24, 2.45) is 5.14 Å². The summed E-state index contributed by atoms with van der Waals surface area (Å²) in [6.45, 7) is 3.60. The van der Waals surface area contributed by atoms with E-state index in [-0.39, 0.29) is 21.8 Å². The maximum absolute atomic E-state index is 12.7. The molecule has 0 radical (unpaired) electrons. The second-order valence-electron chi connectivity index (χ2n) is 7.16. The van der Waals surface area contributed by atoms with Crippen LogP contribution < -0.4 is 10.5 Å². The van der Waals surface area contributed by atoms with Crippen LogP contribution in [-0.2, 0) is 14.8 Å². The summed E-state index contributed by atoms with van der Waals surface area (Å²) in [6, 6.07) is 20.4. The van der Waals surface area contributed by atoms with Gasteiger partial charge in [-0.2, -0.15) is 0 Å². The van der Waals surface area contributed by atoms with Crippen LogP contribution >= 0.6 is 23.4 Å². The SMILES string of the molecule is Cc1cc(S(N)(=O)=O)cc(NC(=O)CSC(c2ccccc2)c2ccc(Cl)cc2)c1C.